The fraction of sp³-hybridized carbons (Fsp3) is 0.467. The lowest BCUT2D eigenvalue weighted by atomic mass is 9.99. The average Bonchev–Trinajstić information content (AvgIpc) is 2.52. The normalized spacial score (nSPS) is 18.4. The van der Waals surface area contributed by atoms with Gasteiger partial charge in [-0.25, -0.2) is 0 Å². The first kappa shape index (κ1) is 15.8. The zero-order chi connectivity index (χ0) is 15.2. The van der Waals surface area contributed by atoms with Gasteiger partial charge in [0, 0.05) is 30.3 Å². The summed E-state index contributed by atoms with van der Waals surface area (Å²) in [4.78, 5) is 25.7. The van der Waals surface area contributed by atoms with E-state index >= 15 is 0 Å². The Morgan fingerprint density at radius 2 is 2.24 bits per heavy atom. The summed E-state index contributed by atoms with van der Waals surface area (Å²) in [6, 6.07) is 6.58. The standard InChI is InChI=1S/C15H19ClN2O3/c16-13-5-1-4-12(7-13)15(21)17-8-14(20)18-6-2-3-11(9-18)10-19/h1,4-5,7,11,19H,2-3,6,8-10H2,(H,17,21). The number of aliphatic hydroxyl groups excluding tert-OH is 1. The Morgan fingerprint density at radius 1 is 1.43 bits per heavy atom. The third-order valence-corrected chi connectivity index (χ3v) is 3.85. The summed E-state index contributed by atoms with van der Waals surface area (Å²) in [5.74, 6) is -0.295. The number of hydrogen-bond acceptors (Lipinski definition) is 3. The molecule has 21 heavy (non-hydrogen) atoms. The molecule has 0 aliphatic carbocycles. The lowest BCUT2D eigenvalue weighted by molar-refractivity contribution is -0.132. The van der Waals surface area contributed by atoms with Gasteiger partial charge in [-0.05, 0) is 37.0 Å². The Bertz CT molecular complexity index is 521. The highest BCUT2D eigenvalue weighted by atomic mass is 35.5. The van der Waals surface area contributed by atoms with Crippen molar-refractivity contribution in [2.24, 2.45) is 5.92 Å². The van der Waals surface area contributed by atoms with Gasteiger partial charge in [-0.2, -0.15) is 0 Å². The molecule has 0 saturated carbocycles. The monoisotopic (exact) mass is 310 g/mol. The van der Waals surface area contributed by atoms with Crippen molar-refractivity contribution in [3.63, 3.8) is 0 Å². The van der Waals surface area contributed by atoms with Crippen LogP contribution in [0.15, 0.2) is 24.3 Å². The maximum absolute atomic E-state index is 12.1. The lowest BCUT2D eigenvalue weighted by Crippen LogP contribution is -2.45. The molecule has 5 nitrogen and oxygen atoms in total. The fourth-order valence-electron chi connectivity index (χ4n) is 2.44. The van der Waals surface area contributed by atoms with Crippen molar-refractivity contribution in [3.8, 4) is 0 Å². The largest absolute Gasteiger partial charge is 0.396 e. The third-order valence-electron chi connectivity index (χ3n) is 3.62. The first-order chi connectivity index (χ1) is 10.1. The summed E-state index contributed by atoms with van der Waals surface area (Å²) in [5.41, 5.74) is 0.433. The molecule has 2 amide bonds. The van der Waals surface area contributed by atoms with Crippen LogP contribution in [-0.2, 0) is 4.79 Å². The highest BCUT2D eigenvalue weighted by Gasteiger charge is 2.23. The van der Waals surface area contributed by atoms with Crippen LogP contribution in [-0.4, -0.2) is 48.1 Å². The molecule has 0 spiro atoms. The first-order valence-electron chi connectivity index (χ1n) is 7.02. The van der Waals surface area contributed by atoms with Gasteiger partial charge in [-0.3, -0.25) is 9.59 Å². The van der Waals surface area contributed by atoms with Gasteiger partial charge in [-0.15, -0.1) is 0 Å². The molecule has 0 aromatic heterocycles. The topological polar surface area (TPSA) is 69.6 Å². The van der Waals surface area contributed by atoms with Gasteiger partial charge in [-0.1, -0.05) is 17.7 Å². The van der Waals surface area contributed by atoms with Crippen LogP contribution in [0.5, 0.6) is 0 Å². The zero-order valence-electron chi connectivity index (χ0n) is 11.7. The number of aliphatic hydroxyl groups is 1. The predicted octanol–water partition coefficient (Wildman–Crippen LogP) is 1.30. The molecule has 2 rings (SSSR count). The minimum Gasteiger partial charge on any atom is -0.396 e. The molecule has 0 bridgehead atoms. The van der Waals surface area contributed by atoms with Crippen LogP contribution >= 0.6 is 11.6 Å². The number of nitrogens with one attached hydrogen (secondary N) is 1. The number of halogens is 1. The number of benzene rings is 1. The highest BCUT2D eigenvalue weighted by molar-refractivity contribution is 6.30. The summed E-state index contributed by atoms with van der Waals surface area (Å²) >= 11 is 5.83. The molecule has 114 valence electrons. The second-order valence-corrected chi connectivity index (χ2v) is 5.66. The predicted molar refractivity (Wildman–Crippen MR) is 80.2 cm³/mol. The molecule has 1 heterocycles. The summed E-state index contributed by atoms with van der Waals surface area (Å²) in [5, 5.41) is 12.3. The summed E-state index contributed by atoms with van der Waals surface area (Å²) in [6.45, 7) is 1.30. The molecule has 6 heteroatoms. The number of likely N-dealkylation sites (tertiary alicyclic amines) is 1. The van der Waals surface area contributed by atoms with Crippen LogP contribution in [0.2, 0.25) is 5.02 Å². The van der Waals surface area contributed by atoms with E-state index in [1.807, 2.05) is 0 Å². The van der Waals surface area contributed by atoms with E-state index in [0.29, 0.717) is 23.7 Å². The van der Waals surface area contributed by atoms with Crippen LogP contribution in [0.4, 0.5) is 0 Å². The third kappa shape index (κ3) is 4.44. The summed E-state index contributed by atoms with van der Waals surface area (Å²) in [6.07, 6.45) is 1.83. The number of amides is 2. The van der Waals surface area contributed by atoms with E-state index in [1.165, 1.54) is 0 Å². The Labute approximate surface area is 128 Å². The number of carbonyl (C=O) groups is 2. The molecule has 1 aliphatic heterocycles. The molecule has 1 unspecified atom stereocenters. The van der Waals surface area contributed by atoms with Crippen LogP contribution in [0, 0.1) is 5.92 Å². The summed E-state index contributed by atoms with van der Waals surface area (Å²) < 4.78 is 0. The molecule has 1 fully saturated rings. The Balaban J connectivity index is 1.84. The van der Waals surface area contributed by atoms with E-state index in [4.69, 9.17) is 16.7 Å². The summed E-state index contributed by atoms with van der Waals surface area (Å²) in [7, 11) is 0. The van der Waals surface area contributed by atoms with Crippen molar-refractivity contribution in [2.75, 3.05) is 26.2 Å². The molecule has 1 aliphatic rings. The number of hydrogen-bond donors (Lipinski definition) is 2. The van der Waals surface area contributed by atoms with Gasteiger partial charge in [0.05, 0.1) is 6.54 Å². The van der Waals surface area contributed by atoms with Crippen LogP contribution < -0.4 is 5.32 Å². The van der Waals surface area contributed by atoms with E-state index in [1.54, 1.807) is 29.2 Å². The fourth-order valence-corrected chi connectivity index (χ4v) is 2.63. The number of rotatable bonds is 4. The number of carbonyl (C=O) groups excluding carboxylic acids is 2. The van der Waals surface area contributed by atoms with Crippen molar-refractivity contribution in [1.29, 1.82) is 0 Å². The zero-order valence-corrected chi connectivity index (χ0v) is 12.5. The Hall–Kier alpha value is -1.59. The van der Waals surface area contributed by atoms with Crippen LogP contribution in [0.3, 0.4) is 0 Å². The number of nitrogens with zero attached hydrogens (tertiary/aromatic N) is 1. The lowest BCUT2D eigenvalue weighted by Gasteiger charge is -2.31. The first-order valence-corrected chi connectivity index (χ1v) is 7.40. The van der Waals surface area contributed by atoms with Crippen molar-refractivity contribution in [1.82, 2.24) is 10.2 Å². The maximum atomic E-state index is 12.1. The SMILES string of the molecule is O=C(NCC(=O)N1CCCC(CO)C1)c1cccc(Cl)c1. The van der Waals surface area contributed by atoms with Gasteiger partial charge < -0.3 is 15.3 Å². The van der Waals surface area contributed by atoms with Crippen molar-refractivity contribution in [3.05, 3.63) is 34.9 Å². The molecular formula is C15H19ClN2O3. The quantitative estimate of drug-likeness (QED) is 0.881. The van der Waals surface area contributed by atoms with Gasteiger partial charge >= 0.3 is 0 Å². The second kappa shape index (κ2) is 7.43. The van der Waals surface area contributed by atoms with Gasteiger partial charge in [0.15, 0.2) is 0 Å². The number of piperidine rings is 1. The van der Waals surface area contributed by atoms with Crippen molar-refractivity contribution >= 4 is 23.4 Å². The molecule has 1 aromatic carbocycles. The second-order valence-electron chi connectivity index (χ2n) is 5.22. The van der Waals surface area contributed by atoms with E-state index in [0.717, 1.165) is 12.8 Å². The minimum absolute atomic E-state index is 0.0382. The Morgan fingerprint density at radius 3 is 2.95 bits per heavy atom. The molecule has 0 radical (unpaired) electrons. The molecular weight excluding hydrogens is 292 g/mol. The smallest absolute Gasteiger partial charge is 0.251 e. The molecule has 1 aromatic rings. The van der Waals surface area contributed by atoms with E-state index < -0.39 is 0 Å². The van der Waals surface area contributed by atoms with E-state index in [9.17, 15) is 9.59 Å². The van der Waals surface area contributed by atoms with Crippen LogP contribution in [0.25, 0.3) is 0 Å². The van der Waals surface area contributed by atoms with E-state index in [-0.39, 0.29) is 30.9 Å². The molecule has 1 saturated heterocycles. The van der Waals surface area contributed by atoms with Crippen LogP contribution in [0.1, 0.15) is 23.2 Å². The van der Waals surface area contributed by atoms with Gasteiger partial charge in [0.25, 0.3) is 5.91 Å². The van der Waals surface area contributed by atoms with Gasteiger partial charge in [0.1, 0.15) is 0 Å². The maximum Gasteiger partial charge on any atom is 0.251 e. The molecule has 2 N–H and O–H groups in total. The minimum atomic E-state index is -0.318. The van der Waals surface area contributed by atoms with Gasteiger partial charge in [0.2, 0.25) is 5.91 Å². The Kier molecular flexibility index (Phi) is 5.59. The van der Waals surface area contributed by atoms with E-state index in [2.05, 4.69) is 5.32 Å². The average molecular weight is 311 g/mol. The van der Waals surface area contributed by atoms with Crippen molar-refractivity contribution in [2.45, 2.75) is 12.8 Å². The molecule has 1 atom stereocenters. The highest BCUT2D eigenvalue weighted by Crippen LogP contribution is 2.15. The van der Waals surface area contributed by atoms with Crippen molar-refractivity contribution < 1.29 is 14.7 Å².